The van der Waals surface area contributed by atoms with Crippen molar-refractivity contribution in [2.75, 3.05) is 0 Å². The molecule has 0 amide bonds. The van der Waals surface area contributed by atoms with Crippen molar-refractivity contribution in [1.82, 2.24) is 14.7 Å². The van der Waals surface area contributed by atoms with Crippen LogP contribution in [0.4, 0.5) is 5.82 Å². The van der Waals surface area contributed by atoms with Crippen LogP contribution in [-0.4, -0.2) is 30.9 Å². The lowest BCUT2D eigenvalue weighted by Crippen LogP contribution is -2.28. The van der Waals surface area contributed by atoms with Gasteiger partial charge in [0.2, 0.25) is 0 Å². The van der Waals surface area contributed by atoms with E-state index in [1.165, 1.54) is 0 Å². The van der Waals surface area contributed by atoms with Crippen LogP contribution in [-0.2, 0) is 0 Å². The molecule has 24 heavy (non-hydrogen) atoms. The Labute approximate surface area is 139 Å². The standard InChI is InChI=1S/C16H21N5O3/c1-11-6-5-8-13(10-11)19-18-16(21(23)24)15(20(19)22)17-14-9-4-3-7-12(14)2/h5-6,8,10,12,14,22H,3-4,7,9H2,1-2H3/t12-,14-/m1/s1. The molecule has 1 aromatic heterocycles. The van der Waals surface area contributed by atoms with Gasteiger partial charge in [0.1, 0.15) is 5.69 Å². The molecule has 0 unspecified atom stereocenters. The van der Waals surface area contributed by atoms with E-state index in [4.69, 9.17) is 0 Å². The van der Waals surface area contributed by atoms with Crippen LogP contribution in [0.1, 0.15) is 38.2 Å². The molecule has 0 bridgehead atoms. The predicted octanol–water partition coefficient (Wildman–Crippen LogP) is 2.61. The third kappa shape index (κ3) is 3.04. The number of hydrogen-bond donors (Lipinski definition) is 1. The van der Waals surface area contributed by atoms with Gasteiger partial charge >= 0.3 is 5.82 Å². The average molecular weight is 331 g/mol. The number of aromatic nitrogens is 3. The van der Waals surface area contributed by atoms with Gasteiger partial charge < -0.3 is 15.3 Å². The minimum absolute atomic E-state index is 0.0361. The van der Waals surface area contributed by atoms with Gasteiger partial charge in [-0.3, -0.25) is 4.99 Å². The van der Waals surface area contributed by atoms with Gasteiger partial charge in [-0.25, -0.2) is 0 Å². The molecule has 3 rings (SSSR count). The molecular weight excluding hydrogens is 310 g/mol. The van der Waals surface area contributed by atoms with Crippen molar-refractivity contribution in [1.29, 1.82) is 0 Å². The van der Waals surface area contributed by atoms with E-state index < -0.39 is 10.7 Å². The van der Waals surface area contributed by atoms with Crippen molar-refractivity contribution in [3.63, 3.8) is 0 Å². The van der Waals surface area contributed by atoms with E-state index in [1.807, 2.05) is 13.0 Å². The van der Waals surface area contributed by atoms with E-state index in [9.17, 15) is 15.3 Å². The molecule has 1 aliphatic carbocycles. The first-order chi connectivity index (χ1) is 11.5. The number of rotatable bonds is 3. The topological polar surface area (TPSA) is 98.5 Å². The van der Waals surface area contributed by atoms with E-state index in [1.54, 1.807) is 18.2 Å². The summed E-state index contributed by atoms with van der Waals surface area (Å²) in [6.07, 6.45) is 4.11. The molecule has 1 saturated carbocycles. The van der Waals surface area contributed by atoms with Gasteiger partial charge in [-0.15, -0.1) is 0 Å². The van der Waals surface area contributed by atoms with Crippen molar-refractivity contribution < 1.29 is 10.1 Å². The second-order valence-corrected chi connectivity index (χ2v) is 6.38. The van der Waals surface area contributed by atoms with Gasteiger partial charge in [-0.1, -0.05) is 36.7 Å². The Morgan fingerprint density at radius 2 is 2.12 bits per heavy atom. The molecule has 1 fully saturated rings. The maximum atomic E-state index is 11.4. The summed E-state index contributed by atoms with van der Waals surface area (Å²) in [6.45, 7) is 3.99. The molecule has 0 spiro atoms. The maximum Gasteiger partial charge on any atom is 0.438 e. The maximum absolute atomic E-state index is 11.4. The smallest absolute Gasteiger partial charge is 0.409 e. The highest BCUT2D eigenvalue weighted by atomic mass is 16.6. The van der Waals surface area contributed by atoms with Crippen molar-refractivity contribution in [3.8, 4) is 5.69 Å². The molecule has 2 aromatic rings. The van der Waals surface area contributed by atoms with E-state index >= 15 is 0 Å². The SMILES string of the molecule is Cc1cccc(-n2nc([N+](=O)[O-])c(=N[C@@H]3CCCC[C@H]3C)n2O)c1. The Morgan fingerprint density at radius 1 is 1.38 bits per heavy atom. The molecule has 1 heterocycles. The number of nitrogens with zero attached hydrogens (tertiary/aromatic N) is 5. The van der Waals surface area contributed by atoms with Gasteiger partial charge in [0.15, 0.2) is 0 Å². The van der Waals surface area contributed by atoms with Gasteiger partial charge in [0, 0.05) is 0 Å². The first kappa shape index (κ1) is 16.2. The Morgan fingerprint density at radius 3 is 2.79 bits per heavy atom. The van der Waals surface area contributed by atoms with Crippen LogP contribution in [0.15, 0.2) is 29.3 Å². The van der Waals surface area contributed by atoms with Crippen LogP contribution in [0, 0.1) is 23.0 Å². The Bertz CT molecular complexity index is 823. The summed E-state index contributed by atoms with van der Waals surface area (Å²) in [5, 5.41) is 25.7. The lowest BCUT2D eigenvalue weighted by molar-refractivity contribution is -0.391. The zero-order valence-corrected chi connectivity index (χ0v) is 13.8. The Balaban J connectivity index is 2.13. The summed E-state index contributed by atoms with van der Waals surface area (Å²) in [5.74, 6) is -0.0996. The van der Waals surface area contributed by atoms with Crippen molar-refractivity contribution >= 4 is 5.82 Å². The molecule has 0 radical (unpaired) electrons. The molecular formula is C16H21N5O3. The highest BCUT2D eigenvalue weighted by Crippen LogP contribution is 2.26. The molecule has 1 aromatic carbocycles. The van der Waals surface area contributed by atoms with E-state index in [2.05, 4.69) is 17.0 Å². The fraction of sp³-hybridized carbons (Fsp3) is 0.500. The molecule has 2 atom stereocenters. The molecule has 0 saturated heterocycles. The Kier molecular flexibility index (Phi) is 4.37. The monoisotopic (exact) mass is 331 g/mol. The average Bonchev–Trinajstić information content (AvgIpc) is 2.87. The van der Waals surface area contributed by atoms with Crippen LogP contribution >= 0.6 is 0 Å². The van der Waals surface area contributed by atoms with Crippen molar-refractivity contribution in [2.24, 2.45) is 10.9 Å². The Hall–Kier alpha value is -2.64. The summed E-state index contributed by atoms with van der Waals surface area (Å²) >= 11 is 0. The van der Waals surface area contributed by atoms with E-state index in [-0.39, 0.29) is 11.5 Å². The summed E-state index contributed by atoms with van der Waals surface area (Å²) in [6, 6.07) is 7.18. The van der Waals surface area contributed by atoms with Gasteiger partial charge in [-0.05, 0) is 53.1 Å². The van der Waals surface area contributed by atoms with Gasteiger partial charge in [-0.2, -0.15) is 0 Å². The summed E-state index contributed by atoms with van der Waals surface area (Å²) in [5.41, 5.74) is 1.41. The summed E-state index contributed by atoms with van der Waals surface area (Å²) < 4.78 is 0. The molecule has 1 N–H and O–H groups in total. The van der Waals surface area contributed by atoms with Gasteiger partial charge in [0.05, 0.1) is 11.1 Å². The van der Waals surface area contributed by atoms with Crippen LogP contribution in [0.25, 0.3) is 5.69 Å². The van der Waals surface area contributed by atoms with Crippen molar-refractivity contribution in [3.05, 3.63) is 45.4 Å². The predicted molar refractivity (Wildman–Crippen MR) is 87.1 cm³/mol. The first-order valence-electron chi connectivity index (χ1n) is 8.14. The lowest BCUT2D eigenvalue weighted by Gasteiger charge is -2.24. The molecule has 128 valence electrons. The fourth-order valence-electron chi connectivity index (χ4n) is 3.15. The number of hydrogen-bond acceptors (Lipinski definition) is 5. The third-order valence-corrected chi connectivity index (χ3v) is 4.52. The first-order valence-corrected chi connectivity index (χ1v) is 8.14. The normalized spacial score (nSPS) is 21.8. The van der Waals surface area contributed by atoms with E-state index in [0.29, 0.717) is 16.5 Å². The third-order valence-electron chi connectivity index (χ3n) is 4.52. The van der Waals surface area contributed by atoms with Crippen LogP contribution in [0.3, 0.4) is 0 Å². The molecule has 1 aliphatic rings. The largest absolute Gasteiger partial charge is 0.438 e. The highest BCUT2D eigenvalue weighted by Gasteiger charge is 2.27. The molecule has 8 nitrogen and oxygen atoms in total. The van der Waals surface area contributed by atoms with Gasteiger partial charge in [0.25, 0.3) is 5.49 Å². The van der Waals surface area contributed by atoms with Crippen LogP contribution < -0.4 is 5.49 Å². The second kappa shape index (κ2) is 6.46. The van der Waals surface area contributed by atoms with Crippen LogP contribution in [0.2, 0.25) is 0 Å². The fourth-order valence-corrected chi connectivity index (χ4v) is 3.15. The number of nitro groups is 1. The summed E-state index contributed by atoms with van der Waals surface area (Å²) in [4.78, 5) is 17.0. The number of benzene rings is 1. The zero-order valence-electron chi connectivity index (χ0n) is 13.8. The molecule has 0 aliphatic heterocycles. The minimum Gasteiger partial charge on any atom is -0.409 e. The van der Waals surface area contributed by atoms with Crippen LogP contribution in [0.5, 0.6) is 0 Å². The lowest BCUT2D eigenvalue weighted by atomic mass is 9.86. The zero-order chi connectivity index (χ0) is 17.3. The van der Waals surface area contributed by atoms with Crippen molar-refractivity contribution in [2.45, 2.75) is 45.6 Å². The molecule has 8 heteroatoms. The quantitative estimate of drug-likeness (QED) is 0.531. The summed E-state index contributed by atoms with van der Waals surface area (Å²) in [7, 11) is 0. The highest BCUT2D eigenvalue weighted by molar-refractivity contribution is 5.34. The minimum atomic E-state index is -0.606. The van der Waals surface area contributed by atoms with E-state index in [0.717, 1.165) is 36.0 Å². The second-order valence-electron chi connectivity index (χ2n) is 6.38. The number of aryl methyl sites for hydroxylation is 1.